The van der Waals surface area contributed by atoms with Crippen molar-refractivity contribution in [3.8, 4) is 11.5 Å². The van der Waals surface area contributed by atoms with Gasteiger partial charge < -0.3 is 19.7 Å². The van der Waals surface area contributed by atoms with Crippen LogP contribution in [0, 0.1) is 0 Å². The minimum absolute atomic E-state index is 0.143. The quantitative estimate of drug-likeness (QED) is 0.685. The van der Waals surface area contributed by atoms with Crippen molar-refractivity contribution >= 4 is 40.2 Å². The van der Waals surface area contributed by atoms with Gasteiger partial charge in [0.25, 0.3) is 0 Å². The first-order valence-electron chi connectivity index (χ1n) is 10.1. The number of nitrogens with zero attached hydrogens (tertiary/aromatic N) is 3. The lowest BCUT2D eigenvalue weighted by Crippen LogP contribution is -2.24. The lowest BCUT2D eigenvalue weighted by Gasteiger charge is -2.21. The molecule has 0 saturated carbocycles. The third kappa shape index (κ3) is 3.73. The molecule has 0 aliphatic carbocycles. The summed E-state index contributed by atoms with van der Waals surface area (Å²) in [4.78, 5) is 24.5. The molecule has 1 aromatic heterocycles. The van der Waals surface area contributed by atoms with E-state index in [2.05, 4.69) is 15.2 Å². The molecule has 1 fully saturated rings. The highest BCUT2D eigenvalue weighted by atomic mass is 35.5. The van der Waals surface area contributed by atoms with E-state index in [4.69, 9.17) is 26.1 Å². The van der Waals surface area contributed by atoms with Crippen molar-refractivity contribution in [2.45, 2.75) is 19.3 Å². The van der Waals surface area contributed by atoms with Crippen LogP contribution in [-0.2, 0) is 11.2 Å². The van der Waals surface area contributed by atoms with Gasteiger partial charge in [0.15, 0.2) is 23.1 Å². The fourth-order valence-corrected chi connectivity index (χ4v) is 4.14. The summed E-state index contributed by atoms with van der Waals surface area (Å²) in [5, 5.41) is 3.40. The van der Waals surface area contributed by atoms with Gasteiger partial charge in [-0.05, 0) is 42.7 Å². The van der Waals surface area contributed by atoms with E-state index in [9.17, 15) is 4.79 Å². The number of para-hydroxylation sites is 2. The highest BCUT2D eigenvalue weighted by Crippen LogP contribution is 2.38. The van der Waals surface area contributed by atoms with Gasteiger partial charge in [0.1, 0.15) is 13.2 Å². The summed E-state index contributed by atoms with van der Waals surface area (Å²) in [7, 11) is 0. The van der Waals surface area contributed by atoms with Crippen molar-refractivity contribution in [1.82, 2.24) is 9.97 Å². The van der Waals surface area contributed by atoms with Crippen molar-refractivity contribution in [3.63, 3.8) is 0 Å². The third-order valence-corrected chi connectivity index (χ3v) is 5.52. The smallest absolute Gasteiger partial charge is 0.230 e. The van der Waals surface area contributed by atoms with E-state index < -0.39 is 0 Å². The number of fused-ring (bicyclic) bond motifs is 2. The summed E-state index contributed by atoms with van der Waals surface area (Å²) < 4.78 is 11.2. The predicted octanol–water partition coefficient (Wildman–Crippen LogP) is 3.84. The van der Waals surface area contributed by atoms with Gasteiger partial charge in [-0.25, -0.2) is 9.97 Å². The maximum absolute atomic E-state index is 12.9. The van der Waals surface area contributed by atoms with E-state index in [1.54, 1.807) is 12.1 Å². The van der Waals surface area contributed by atoms with Crippen LogP contribution < -0.4 is 19.7 Å². The van der Waals surface area contributed by atoms with Gasteiger partial charge >= 0.3 is 0 Å². The Morgan fingerprint density at radius 3 is 2.60 bits per heavy atom. The number of aromatic nitrogens is 2. The molecule has 3 heterocycles. The molecule has 5 rings (SSSR count). The van der Waals surface area contributed by atoms with Crippen LogP contribution in [0.25, 0.3) is 11.0 Å². The van der Waals surface area contributed by atoms with Gasteiger partial charge in [-0.15, -0.1) is 0 Å². The average Bonchev–Trinajstić information content (AvgIpc) is 3.28. The maximum Gasteiger partial charge on any atom is 0.230 e. The Balaban J connectivity index is 1.41. The molecule has 0 bridgehead atoms. The monoisotopic (exact) mass is 424 g/mol. The number of hydrogen-bond acceptors (Lipinski definition) is 6. The number of nitrogens with one attached hydrogen (secondary N) is 1. The number of amides is 1. The Bertz CT molecular complexity index is 1110. The maximum atomic E-state index is 12.9. The molecule has 1 amide bonds. The number of hydrogen-bond donors (Lipinski definition) is 1. The second-order valence-electron chi connectivity index (χ2n) is 7.41. The van der Waals surface area contributed by atoms with Crippen LogP contribution in [0.3, 0.4) is 0 Å². The Labute approximate surface area is 179 Å². The van der Waals surface area contributed by atoms with E-state index in [1.165, 1.54) is 0 Å². The summed E-state index contributed by atoms with van der Waals surface area (Å²) in [5.74, 6) is 2.13. The zero-order valence-corrected chi connectivity index (χ0v) is 17.1. The molecule has 1 saturated heterocycles. The number of benzene rings is 2. The van der Waals surface area contributed by atoms with E-state index in [1.807, 2.05) is 24.3 Å². The Morgan fingerprint density at radius 1 is 1.07 bits per heavy atom. The second-order valence-corrected chi connectivity index (χ2v) is 7.81. The van der Waals surface area contributed by atoms with Gasteiger partial charge in [0.2, 0.25) is 5.91 Å². The van der Waals surface area contributed by atoms with Gasteiger partial charge in [-0.3, -0.25) is 4.79 Å². The largest absolute Gasteiger partial charge is 0.486 e. The summed E-state index contributed by atoms with van der Waals surface area (Å²) >= 11 is 6.30. The highest BCUT2D eigenvalue weighted by molar-refractivity contribution is 6.32. The number of anilines is 2. The van der Waals surface area contributed by atoms with E-state index in [0.717, 1.165) is 48.3 Å². The third-order valence-electron chi connectivity index (χ3n) is 5.24. The van der Waals surface area contributed by atoms with Crippen LogP contribution in [0.2, 0.25) is 5.02 Å². The first kappa shape index (κ1) is 18.9. The molecule has 0 spiro atoms. The standard InChI is InChI=1S/C22H21ClN4O3/c23-15-11-14(12-18-20(15)30-10-9-29-18)13-19(28)26-21-22(27-7-3-4-8-27)25-17-6-2-1-5-16(17)24-21/h1-2,5-6,11-12H,3-4,7-10,13H2,(H,24,26,28). The topological polar surface area (TPSA) is 76.6 Å². The number of carbonyl (C=O) groups is 1. The summed E-state index contributed by atoms with van der Waals surface area (Å²) in [6, 6.07) is 11.2. The highest BCUT2D eigenvalue weighted by Gasteiger charge is 2.22. The van der Waals surface area contributed by atoms with Gasteiger partial charge in [-0.1, -0.05) is 23.7 Å². The van der Waals surface area contributed by atoms with E-state index in [-0.39, 0.29) is 12.3 Å². The molecule has 1 N–H and O–H groups in total. The van der Waals surface area contributed by atoms with E-state index >= 15 is 0 Å². The van der Waals surface area contributed by atoms with Crippen LogP contribution in [0.4, 0.5) is 11.6 Å². The Morgan fingerprint density at radius 2 is 1.80 bits per heavy atom. The van der Waals surface area contributed by atoms with Crippen molar-refractivity contribution in [3.05, 3.63) is 47.0 Å². The van der Waals surface area contributed by atoms with Gasteiger partial charge in [0, 0.05) is 13.1 Å². The summed E-state index contributed by atoms with van der Waals surface area (Å²) in [5.41, 5.74) is 2.31. The molecule has 0 atom stereocenters. The van der Waals surface area contributed by atoms with Crippen molar-refractivity contribution in [2.75, 3.05) is 36.5 Å². The number of carbonyl (C=O) groups excluding carboxylic acids is 1. The molecule has 30 heavy (non-hydrogen) atoms. The van der Waals surface area contributed by atoms with Crippen molar-refractivity contribution in [2.24, 2.45) is 0 Å². The minimum Gasteiger partial charge on any atom is -0.486 e. The number of ether oxygens (including phenoxy) is 2. The van der Waals surface area contributed by atoms with Crippen LogP contribution >= 0.6 is 11.6 Å². The molecule has 2 aliphatic heterocycles. The number of rotatable bonds is 4. The summed E-state index contributed by atoms with van der Waals surface area (Å²) in [6.45, 7) is 2.75. The fourth-order valence-electron chi connectivity index (χ4n) is 3.85. The van der Waals surface area contributed by atoms with Crippen LogP contribution in [0.15, 0.2) is 36.4 Å². The van der Waals surface area contributed by atoms with Gasteiger partial charge in [-0.2, -0.15) is 0 Å². The molecule has 8 heteroatoms. The average molecular weight is 425 g/mol. The second kappa shape index (κ2) is 7.99. The lowest BCUT2D eigenvalue weighted by molar-refractivity contribution is -0.115. The minimum atomic E-state index is -0.187. The summed E-state index contributed by atoms with van der Waals surface area (Å²) in [6.07, 6.45) is 2.36. The molecule has 154 valence electrons. The van der Waals surface area contributed by atoms with Crippen molar-refractivity contribution < 1.29 is 14.3 Å². The number of halogens is 1. The zero-order chi connectivity index (χ0) is 20.5. The van der Waals surface area contributed by atoms with Gasteiger partial charge in [0.05, 0.1) is 22.5 Å². The molecule has 0 unspecified atom stereocenters. The Hall–Kier alpha value is -3.06. The SMILES string of the molecule is O=C(Cc1cc(Cl)c2c(c1)OCCO2)Nc1nc2ccccc2nc1N1CCCC1. The van der Waals surface area contributed by atoms with Crippen LogP contribution in [-0.4, -0.2) is 42.2 Å². The molecule has 2 aliphatic rings. The lowest BCUT2D eigenvalue weighted by atomic mass is 10.1. The normalized spacial score (nSPS) is 15.4. The molecular formula is C22H21ClN4O3. The first-order valence-corrected chi connectivity index (χ1v) is 10.4. The zero-order valence-electron chi connectivity index (χ0n) is 16.4. The molecule has 3 aromatic rings. The molecule has 0 radical (unpaired) electrons. The van der Waals surface area contributed by atoms with Crippen molar-refractivity contribution in [1.29, 1.82) is 0 Å². The predicted molar refractivity (Wildman–Crippen MR) is 116 cm³/mol. The molecule has 2 aromatic carbocycles. The van der Waals surface area contributed by atoms with Crippen LogP contribution in [0.5, 0.6) is 11.5 Å². The first-order chi connectivity index (χ1) is 14.7. The Kier molecular flexibility index (Phi) is 5.04. The van der Waals surface area contributed by atoms with E-state index in [0.29, 0.717) is 35.6 Å². The van der Waals surface area contributed by atoms with Crippen LogP contribution in [0.1, 0.15) is 18.4 Å². The molecular weight excluding hydrogens is 404 g/mol. The molecule has 7 nitrogen and oxygen atoms in total. The fraction of sp³-hybridized carbons (Fsp3) is 0.318.